The molecule has 0 aromatic heterocycles. The first-order chi connectivity index (χ1) is 13.1. The fourth-order valence-corrected chi connectivity index (χ4v) is 3.37. The molecule has 3 amide bonds. The Morgan fingerprint density at radius 3 is 2.59 bits per heavy atom. The van der Waals surface area contributed by atoms with Crippen molar-refractivity contribution < 1.29 is 14.0 Å². The maximum atomic E-state index is 13.1. The van der Waals surface area contributed by atoms with Crippen molar-refractivity contribution in [3.63, 3.8) is 0 Å². The van der Waals surface area contributed by atoms with E-state index in [0.717, 1.165) is 30.5 Å². The number of halogens is 1. The Bertz CT molecular complexity index is 807. The molecule has 0 radical (unpaired) electrons. The summed E-state index contributed by atoms with van der Waals surface area (Å²) in [6.07, 6.45) is 2.91. The van der Waals surface area contributed by atoms with Crippen LogP contribution in [0.4, 0.5) is 20.6 Å². The second-order valence-electron chi connectivity index (χ2n) is 6.51. The van der Waals surface area contributed by atoms with Crippen molar-refractivity contribution in [1.82, 2.24) is 5.32 Å². The SMILES string of the molecule is CCN(C(=O)CNC(=O)N1CCCCc2ccccc21)c1ccc(F)cc1. The largest absolute Gasteiger partial charge is 0.329 e. The lowest BCUT2D eigenvalue weighted by Crippen LogP contribution is -2.46. The van der Waals surface area contributed by atoms with Crippen LogP contribution in [0.1, 0.15) is 25.3 Å². The zero-order valence-corrected chi connectivity index (χ0v) is 15.5. The van der Waals surface area contributed by atoms with Gasteiger partial charge >= 0.3 is 6.03 Å². The number of aryl methyl sites for hydroxylation is 1. The van der Waals surface area contributed by atoms with E-state index in [1.54, 1.807) is 17.0 Å². The summed E-state index contributed by atoms with van der Waals surface area (Å²) in [5, 5.41) is 2.74. The number of amides is 3. The van der Waals surface area contributed by atoms with Gasteiger partial charge in [-0.2, -0.15) is 0 Å². The molecule has 6 heteroatoms. The quantitative estimate of drug-likeness (QED) is 0.893. The Morgan fingerprint density at radius 1 is 1.11 bits per heavy atom. The number of rotatable bonds is 4. The Morgan fingerprint density at radius 2 is 1.85 bits per heavy atom. The molecule has 142 valence electrons. The van der Waals surface area contributed by atoms with Crippen LogP contribution in [0.25, 0.3) is 0 Å². The van der Waals surface area contributed by atoms with Crippen molar-refractivity contribution in [3.8, 4) is 0 Å². The average Bonchev–Trinajstić information content (AvgIpc) is 2.91. The van der Waals surface area contributed by atoms with Crippen molar-refractivity contribution in [2.45, 2.75) is 26.2 Å². The maximum absolute atomic E-state index is 13.1. The molecule has 2 aromatic rings. The molecule has 2 aromatic carbocycles. The van der Waals surface area contributed by atoms with Gasteiger partial charge in [0, 0.05) is 24.5 Å². The number of nitrogens with zero attached hydrogens (tertiary/aromatic N) is 2. The predicted molar refractivity (Wildman–Crippen MR) is 105 cm³/mol. The van der Waals surface area contributed by atoms with E-state index in [9.17, 15) is 14.0 Å². The van der Waals surface area contributed by atoms with Gasteiger partial charge in [0.05, 0.1) is 6.54 Å². The second kappa shape index (κ2) is 8.66. The van der Waals surface area contributed by atoms with Crippen LogP contribution >= 0.6 is 0 Å². The van der Waals surface area contributed by atoms with Crippen molar-refractivity contribution in [1.29, 1.82) is 0 Å². The number of para-hydroxylation sites is 1. The van der Waals surface area contributed by atoms with Crippen LogP contribution in [-0.2, 0) is 11.2 Å². The summed E-state index contributed by atoms with van der Waals surface area (Å²) in [4.78, 5) is 28.5. The minimum atomic E-state index is -0.351. The third-order valence-electron chi connectivity index (χ3n) is 4.75. The van der Waals surface area contributed by atoms with Crippen LogP contribution in [0.15, 0.2) is 48.5 Å². The smallest absolute Gasteiger partial charge is 0.322 e. The van der Waals surface area contributed by atoms with Crippen LogP contribution in [0.5, 0.6) is 0 Å². The molecule has 1 aliphatic rings. The fourth-order valence-electron chi connectivity index (χ4n) is 3.37. The lowest BCUT2D eigenvalue weighted by Gasteiger charge is -2.25. The highest BCUT2D eigenvalue weighted by atomic mass is 19.1. The molecule has 0 unspecified atom stereocenters. The Balaban J connectivity index is 1.66. The van der Waals surface area contributed by atoms with E-state index in [0.29, 0.717) is 18.8 Å². The number of urea groups is 1. The summed E-state index contributed by atoms with van der Waals surface area (Å²) in [5.74, 6) is -0.587. The molecule has 0 atom stereocenters. The summed E-state index contributed by atoms with van der Waals surface area (Å²) < 4.78 is 13.1. The van der Waals surface area contributed by atoms with Gasteiger partial charge in [0.2, 0.25) is 5.91 Å². The number of fused-ring (bicyclic) bond motifs is 1. The number of benzene rings is 2. The van der Waals surface area contributed by atoms with E-state index in [1.807, 2.05) is 31.2 Å². The standard InChI is InChI=1S/C21H24FN3O2/c1-2-24(18-12-10-17(22)11-13-18)20(26)15-23-21(27)25-14-6-5-8-16-7-3-4-9-19(16)25/h3-4,7,9-13H,2,5-6,8,14-15H2,1H3,(H,23,27). The molecular weight excluding hydrogens is 345 g/mol. The Kier molecular flexibility index (Phi) is 6.06. The molecule has 0 spiro atoms. The first kappa shape index (κ1) is 18.9. The van der Waals surface area contributed by atoms with Gasteiger partial charge in [-0.3, -0.25) is 9.69 Å². The van der Waals surface area contributed by atoms with Crippen molar-refractivity contribution in [3.05, 3.63) is 59.9 Å². The number of carbonyl (C=O) groups excluding carboxylic acids is 2. The van der Waals surface area contributed by atoms with E-state index in [-0.39, 0.29) is 24.3 Å². The van der Waals surface area contributed by atoms with E-state index in [2.05, 4.69) is 5.32 Å². The second-order valence-corrected chi connectivity index (χ2v) is 6.51. The maximum Gasteiger partial charge on any atom is 0.322 e. The summed E-state index contributed by atoms with van der Waals surface area (Å²) in [6, 6.07) is 13.4. The molecule has 0 aliphatic carbocycles. The average molecular weight is 369 g/mol. The first-order valence-corrected chi connectivity index (χ1v) is 9.29. The summed E-state index contributed by atoms with van der Waals surface area (Å²) in [7, 11) is 0. The highest BCUT2D eigenvalue weighted by Crippen LogP contribution is 2.26. The van der Waals surface area contributed by atoms with Gasteiger partial charge in [-0.15, -0.1) is 0 Å². The molecule has 3 rings (SSSR count). The zero-order valence-electron chi connectivity index (χ0n) is 15.5. The summed E-state index contributed by atoms with van der Waals surface area (Å²) in [5.41, 5.74) is 2.67. The van der Waals surface area contributed by atoms with Crippen molar-refractivity contribution in [2.75, 3.05) is 29.4 Å². The van der Waals surface area contributed by atoms with Gasteiger partial charge in [-0.25, -0.2) is 9.18 Å². The highest BCUT2D eigenvalue weighted by molar-refractivity contribution is 5.99. The topological polar surface area (TPSA) is 52.7 Å². The van der Waals surface area contributed by atoms with E-state index in [1.165, 1.54) is 17.0 Å². The van der Waals surface area contributed by atoms with Crippen LogP contribution in [-0.4, -0.2) is 31.6 Å². The number of hydrogen-bond acceptors (Lipinski definition) is 2. The lowest BCUT2D eigenvalue weighted by atomic mass is 10.1. The zero-order chi connectivity index (χ0) is 19.2. The first-order valence-electron chi connectivity index (χ1n) is 9.29. The number of likely N-dealkylation sites (N-methyl/N-ethyl adjacent to an activating group) is 1. The Hall–Kier alpha value is -2.89. The van der Waals surface area contributed by atoms with E-state index in [4.69, 9.17) is 0 Å². The molecule has 0 bridgehead atoms. The van der Waals surface area contributed by atoms with Gasteiger partial charge in [-0.1, -0.05) is 18.2 Å². The van der Waals surface area contributed by atoms with Gasteiger partial charge in [-0.05, 0) is 62.1 Å². The number of anilines is 2. The van der Waals surface area contributed by atoms with Gasteiger partial charge in [0.25, 0.3) is 0 Å². The number of nitrogens with one attached hydrogen (secondary N) is 1. The van der Waals surface area contributed by atoms with Crippen LogP contribution < -0.4 is 15.1 Å². The lowest BCUT2D eigenvalue weighted by molar-refractivity contribution is -0.117. The highest BCUT2D eigenvalue weighted by Gasteiger charge is 2.22. The van der Waals surface area contributed by atoms with Crippen LogP contribution in [0.2, 0.25) is 0 Å². The normalized spacial score (nSPS) is 13.5. The summed E-state index contributed by atoms with van der Waals surface area (Å²) >= 11 is 0. The van der Waals surface area contributed by atoms with E-state index >= 15 is 0 Å². The van der Waals surface area contributed by atoms with Gasteiger partial charge in [0.15, 0.2) is 0 Å². The molecule has 0 fully saturated rings. The molecule has 27 heavy (non-hydrogen) atoms. The molecule has 0 saturated carbocycles. The molecule has 1 aliphatic heterocycles. The minimum Gasteiger partial charge on any atom is -0.329 e. The van der Waals surface area contributed by atoms with Gasteiger partial charge in [0.1, 0.15) is 5.82 Å². The third kappa shape index (κ3) is 4.45. The molecule has 5 nitrogen and oxygen atoms in total. The van der Waals surface area contributed by atoms with Crippen molar-refractivity contribution >= 4 is 23.3 Å². The number of carbonyl (C=O) groups is 2. The Labute approximate surface area is 158 Å². The monoisotopic (exact) mass is 369 g/mol. The molecule has 1 N–H and O–H groups in total. The minimum absolute atomic E-state index is 0.108. The number of hydrogen-bond donors (Lipinski definition) is 1. The fraction of sp³-hybridized carbons (Fsp3) is 0.333. The predicted octanol–water partition coefficient (Wildman–Crippen LogP) is 3.73. The summed E-state index contributed by atoms with van der Waals surface area (Å²) in [6.45, 7) is 2.80. The molecular formula is C21H24FN3O2. The molecule has 1 heterocycles. The van der Waals surface area contributed by atoms with Crippen LogP contribution in [0, 0.1) is 5.82 Å². The van der Waals surface area contributed by atoms with E-state index < -0.39 is 0 Å². The molecule has 0 saturated heterocycles. The third-order valence-corrected chi connectivity index (χ3v) is 4.75. The van der Waals surface area contributed by atoms with Crippen LogP contribution in [0.3, 0.4) is 0 Å². The van der Waals surface area contributed by atoms with Crippen molar-refractivity contribution in [2.24, 2.45) is 0 Å². The van der Waals surface area contributed by atoms with Gasteiger partial charge < -0.3 is 10.2 Å².